The highest BCUT2D eigenvalue weighted by molar-refractivity contribution is 9.09. The normalized spacial score (nSPS) is 21.1. The second-order valence-electron chi connectivity index (χ2n) is 4.02. The number of hydrogen-bond donors (Lipinski definition) is 0. The first-order chi connectivity index (χ1) is 5.83. The molecule has 0 unspecified atom stereocenters. The Balaban J connectivity index is 2.28. The quantitative estimate of drug-likeness (QED) is 0.376. The zero-order valence-corrected chi connectivity index (χ0v) is 9.41. The van der Waals surface area contributed by atoms with E-state index in [1.54, 1.807) is 0 Å². The van der Waals surface area contributed by atoms with E-state index < -0.39 is 0 Å². The van der Waals surface area contributed by atoms with Crippen LogP contribution in [0.25, 0.3) is 0 Å². The highest BCUT2D eigenvalue weighted by atomic mass is 79.9. The van der Waals surface area contributed by atoms with Gasteiger partial charge in [-0.15, -0.1) is 6.58 Å². The summed E-state index contributed by atoms with van der Waals surface area (Å²) < 4.78 is 0. The van der Waals surface area contributed by atoms with E-state index in [2.05, 4.69) is 22.5 Å². The highest BCUT2D eigenvalue weighted by Gasteiger charge is 2.31. The van der Waals surface area contributed by atoms with Crippen molar-refractivity contribution in [3.63, 3.8) is 0 Å². The van der Waals surface area contributed by atoms with Gasteiger partial charge in [0, 0.05) is 5.33 Å². The Kier molecular flexibility index (Phi) is 4.34. The van der Waals surface area contributed by atoms with Crippen LogP contribution in [0.5, 0.6) is 0 Å². The zero-order valence-electron chi connectivity index (χ0n) is 7.82. The maximum absolute atomic E-state index is 3.76. The molecule has 1 heteroatoms. The summed E-state index contributed by atoms with van der Waals surface area (Å²) in [5, 5.41) is 1.21. The molecule has 70 valence electrons. The van der Waals surface area contributed by atoms with E-state index in [0.717, 1.165) is 0 Å². The monoisotopic (exact) mass is 230 g/mol. The molecule has 12 heavy (non-hydrogen) atoms. The van der Waals surface area contributed by atoms with Crippen molar-refractivity contribution in [1.29, 1.82) is 0 Å². The van der Waals surface area contributed by atoms with E-state index >= 15 is 0 Å². The van der Waals surface area contributed by atoms with Crippen LogP contribution in [0, 0.1) is 5.41 Å². The van der Waals surface area contributed by atoms with E-state index in [4.69, 9.17) is 0 Å². The van der Waals surface area contributed by atoms with Gasteiger partial charge in [0.15, 0.2) is 0 Å². The van der Waals surface area contributed by atoms with Crippen molar-refractivity contribution in [2.45, 2.75) is 44.9 Å². The summed E-state index contributed by atoms with van der Waals surface area (Å²) in [6.07, 6.45) is 11.7. The average Bonchev–Trinajstić information content (AvgIpc) is 2.55. The van der Waals surface area contributed by atoms with Crippen LogP contribution in [0.15, 0.2) is 12.7 Å². The molecule has 1 aliphatic rings. The van der Waals surface area contributed by atoms with Gasteiger partial charge in [0.25, 0.3) is 0 Å². The van der Waals surface area contributed by atoms with Crippen LogP contribution in [-0.4, -0.2) is 5.33 Å². The Morgan fingerprint density at radius 1 is 1.33 bits per heavy atom. The van der Waals surface area contributed by atoms with E-state index in [1.165, 1.54) is 50.3 Å². The van der Waals surface area contributed by atoms with Gasteiger partial charge >= 0.3 is 0 Å². The molecular formula is C11H19Br. The fourth-order valence-corrected chi connectivity index (χ4v) is 3.04. The first-order valence-corrected chi connectivity index (χ1v) is 6.12. The number of alkyl halides is 1. The van der Waals surface area contributed by atoms with Gasteiger partial charge in [-0.2, -0.15) is 0 Å². The predicted molar refractivity (Wildman–Crippen MR) is 58.7 cm³/mol. The summed E-state index contributed by atoms with van der Waals surface area (Å²) in [4.78, 5) is 0. The highest BCUT2D eigenvalue weighted by Crippen LogP contribution is 2.43. The van der Waals surface area contributed by atoms with Crippen LogP contribution in [-0.2, 0) is 0 Å². The molecule has 0 aliphatic heterocycles. The van der Waals surface area contributed by atoms with E-state index in [9.17, 15) is 0 Å². The Labute approximate surface area is 84.6 Å². The Morgan fingerprint density at radius 3 is 2.50 bits per heavy atom. The smallest absolute Gasteiger partial charge is 0.00879 e. The van der Waals surface area contributed by atoms with Crippen molar-refractivity contribution in [2.75, 3.05) is 5.33 Å². The Bertz CT molecular complexity index is 134. The third-order valence-electron chi connectivity index (χ3n) is 3.06. The summed E-state index contributed by atoms with van der Waals surface area (Å²) in [7, 11) is 0. The molecule has 1 fully saturated rings. The van der Waals surface area contributed by atoms with Gasteiger partial charge in [0.2, 0.25) is 0 Å². The van der Waals surface area contributed by atoms with Gasteiger partial charge in [-0.1, -0.05) is 34.8 Å². The molecule has 0 amide bonds. The van der Waals surface area contributed by atoms with Crippen molar-refractivity contribution in [3.8, 4) is 0 Å². The van der Waals surface area contributed by atoms with Crippen LogP contribution >= 0.6 is 15.9 Å². The number of unbranched alkanes of at least 4 members (excludes halogenated alkanes) is 1. The lowest BCUT2D eigenvalue weighted by atomic mass is 9.83. The lowest BCUT2D eigenvalue weighted by Gasteiger charge is -2.26. The van der Waals surface area contributed by atoms with Crippen LogP contribution in [0.2, 0.25) is 0 Å². The molecule has 0 radical (unpaired) electrons. The Morgan fingerprint density at radius 2 is 2.00 bits per heavy atom. The van der Waals surface area contributed by atoms with Crippen molar-refractivity contribution in [2.24, 2.45) is 5.41 Å². The second kappa shape index (κ2) is 5.06. The van der Waals surface area contributed by atoms with Gasteiger partial charge in [0.1, 0.15) is 0 Å². The number of rotatable bonds is 5. The van der Waals surface area contributed by atoms with Crippen molar-refractivity contribution >= 4 is 15.9 Å². The molecule has 1 aliphatic carbocycles. The maximum Gasteiger partial charge on any atom is 0.00879 e. The lowest BCUT2D eigenvalue weighted by Crippen LogP contribution is -2.17. The predicted octanol–water partition coefficient (Wildman–Crippen LogP) is 4.30. The molecule has 0 heterocycles. The molecule has 0 aromatic heterocycles. The molecule has 0 nitrogen and oxygen atoms in total. The maximum atomic E-state index is 3.76. The third-order valence-corrected chi connectivity index (χ3v) is 4.25. The molecule has 0 aromatic carbocycles. The van der Waals surface area contributed by atoms with Gasteiger partial charge in [-0.05, 0) is 37.5 Å². The van der Waals surface area contributed by atoms with Gasteiger partial charge < -0.3 is 0 Å². The second-order valence-corrected chi connectivity index (χ2v) is 4.58. The summed E-state index contributed by atoms with van der Waals surface area (Å²) in [5.41, 5.74) is 0.656. The molecule has 0 N–H and O–H groups in total. The summed E-state index contributed by atoms with van der Waals surface area (Å²) in [5.74, 6) is 0. The molecule has 1 rings (SSSR count). The van der Waals surface area contributed by atoms with E-state index in [1.807, 2.05) is 6.08 Å². The summed E-state index contributed by atoms with van der Waals surface area (Å²) in [6.45, 7) is 3.76. The van der Waals surface area contributed by atoms with Crippen molar-refractivity contribution in [3.05, 3.63) is 12.7 Å². The molecule has 0 aromatic rings. The fraction of sp³-hybridized carbons (Fsp3) is 0.818. The SMILES string of the molecule is C=CCCCC1(CBr)CCCC1. The number of halogens is 1. The van der Waals surface area contributed by atoms with Crippen molar-refractivity contribution < 1.29 is 0 Å². The van der Waals surface area contributed by atoms with Crippen LogP contribution < -0.4 is 0 Å². The Hall–Kier alpha value is 0.220. The first-order valence-electron chi connectivity index (χ1n) is 5.00. The van der Waals surface area contributed by atoms with Crippen molar-refractivity contribution in [1.82, 2.24) is 0 Å². The molecule has 0 saturated heterocycles. The minimum absolute atomic E-state index is 0.656. The number of allylic oxidation sites excluding steroid dienone is 1. The molecule has 0 spiro atoms. The fourth-order valence-electron chi connectivity index (χ4n) is 2.20. The van der Waals surface area contributed by atoms with Gasteiger partial charge in [-0.3, -0.25) is 0 Å². The molecule has 1 saturated carbocycles. The zero-order chi connectivity index (χ0) is 8.86. The lowest BCUT2D eigenvalue weighted by molar-refractivity contribution is 0.311. The van der Waals surface area contributed by atoms with Crippen LogP contribution in [0.1, 0.15) is 44.9 Å². The summed E-state index contributed by atoms with van der Waals surface area (Å²) in [6, 6.07) is 0. The minimum atomic E-state index is 0.656. The molecule has 0 bridgehead atoms. The number of hydrogen-bond acceptors (Lipinski definition) is 0. The largest absolute Gasteiger partial charge is 0.103 e. The first kappa shape index (κ1) is 10.3. The van der Waals surface area contributed by atoms with Crippen LogP contribution in [0.3, 0.4) is 0 Å². The molecular weight excluding hydrogens is 212 g/mol. The average molecular weight is 231 g/mol. The van der Waals surface area contributed by atoms with E-state index in [0.29, 0.717) is 5.41 Å². The standard InChI is InChI=1S/C11H19Br/c1-2-3-4-7-11(10-12)8-5-6-9-11/h2H,1,3-10H2. The molecule has 0 atom stereocenters. The van der Waals surface area contributed by atoms with Gasteiger partial charge in [-0.25, -0.2) is 0 Å². The van der Waals surface area contributed by atoms with Gasteiger partial charge in [0.05, 0.1) is 0 Å². The van der Waals surface area contributed by atoms with E-state index in [-0.39, 0.29) is 0 Å². The topological polar surface area (TPSA) is 0 Å². The third kappa shape index (κ3) is 2.62. The van der Waals surface area contributed by atoms with Crippen LogP contribution in [0.4, 0.5) is 0 Å². The summed E-state index contributed by atoms with van der Waals surface area (Å²) >= 11 is 3.66. The minimum Gasteiger partial charge on any atom is -0.103 e.